The fourth-order valence-electron chi connectivity index (χ4n) is 3.19. The van der Waals surface area contributed by atoms with Crippen LogP contribution in [0.25, 0.3) is 0 Å². The fraction of sp³-hybridized carbons (Fsp3) is 0.333. The van der Waals surface area contributed by atoms with Crippen LogP contribution in [-0.2, 0) is 6.42 Å². The topological polar surface area (TPSA) is 4.44 Å². The molecule has 5 heteroatoms. The molecule has 2 aromatic rings. The van der Waals surface area contributed by atoms with Gasteiger partial charge in [0.15, 0.2) is 0 Å². The minimum absolute atomic E-state index is 0.331. The molecule has 1 N–H and O–H groups in total. The largest absolute Gasteiger partial charge is 0.326 e. The highest BCUT2D eigenvalue weighted by Crippen LogP contribution is 2.40. The standard InChI is InChI=1S/C18H18Cl3NS/c19-7-9-22(10-8-20)16-11-13-3-1-2-4-17(13)23-18-6-5-14(21)12-15(16)18/h1-6,12,16H,7-11H2/p+1/t16-/m0/s1. The zero-order valence-electron chi connectivity index (χ0n) is 12.7. The van der Waals surface area contributed by atoms with Crippen LogP contribution in [0.15, 0.2) is 52.3 Å². The first kappa shape index (κ1) is 17.4. The molecule has 0 amide bonds. The van der Waals surface area contributed by atoms with Gasteiger partial charge in [-0.1, -0.05) is 41.6 Å². The lowest BCUT2D eigenvalue weighted by atomic mass is 9.97. The van der Waals surface area contributed by atoms with Gasteiger partial charge in [-0.3, -0.25) is 0 Å². The van der Waals surface area contributed by atoms with Crippen LogP contribution in [0.5, 0.6) is 0 Å². The first-order valence-electron chi connectivity index (χ1n) is 7.74. The molecule has 23 heavy (non-hydrogen) atoms. The van der Waals surface area contributed by atoms with Gasteiger partial charge in [0.25, 0.3) is 0 Å². The normalized spacial score (nSPS) is 16.8. The van der Waals surface area contributed by atoms with Gasteiger partial charge in [-0.05, 0) is 29.8 Å². The number of nitrogens with one attached hydrogen (secondary N) is 1. The maximum atomic E-state index is 6.29. The summed E-state index contributed by atoms with van der Waals surface area (Å²) in [4.78, 5) is 4.04. The van der Waals surface area contributed by atoms with E-state index in [9.17, 15) is 0 Å². The molecule has 0 fully saturated rings. The molecule has 0 saturated heterocycles. The summed E-state index contributed by atoms with van der Waals surface area (Å²) in [6, 6.07) is 15.2. The molecule has 0 radical (unpaired) electrons. The van der Waals surface area contributed by atoms with E-state index in [4.69, 9.17) is 34.8 Å². The highest BCUT2D eigenvalue weighted by molar-refractivity contribution is 7.99. The fourth-order valence-corrected chi connectivity index (χ4v) is 4.97. The lowest BCUT2D eigenvalue weighted by Gasteiger charge is -2.28. The molecule has 1 heterocycles. The number of quaternary nitrogens is 1. The lowest BCUT2D eigenvalue weighted by Crippen LogP contribution is -3.13. The minimum atomic E-state index is 0.331. The number of fused-ring (bicyclic) bond motifs is 2. The molecular weight excluding hydrogens is 369 g/mol. The van der Waals surface area contributed by atoms with Crippen molar-refractivity contribution in [1.82, 2.24) is 0 Å². The molecule has 1 atom stereocenters. The van der Waals surface area contributed by atoms with E-state index in [-0.39, 0.29) is 0 Å². The van der Waals surface area contributed by atoms with E-state index in [1.54, 1.807) is 0 Å². The Hall–Kier alpha value is -0.380. The van der Waals surface area contributed by atoms with Crippen LogP contribution in [0, 0.1) is 0 Å². The van der Waals surface area contributed by atoms with Crippen LogP contribution in [-0.4, -0.2) is 24.8 Å². The summed E-state index contributed by atoms with van der Waals surface area (Å²) in [5.74, 6) is 1.26. The van der Waals surface area contributed by atoms with E-state index in [1.165, 1.54) is 25.8 Å². The minimum Gasteiger partial charge on any atom is -0.326 e. The molecule has 0 bridgehead atoms. The Balaban J connectivity index is 2.07. The molecule has 0 unspecified atom stereocenters. The van der Waals surface area contributed by atoms with Gasteiger partial charge in [0.05, 0.1) is 24.8 Å². The predicted molar refractivity (Wildman–Crippen MR) is 101 cm³/mol. The molecule has 0 aliphatic carbocycles. The van der Waals surface area contributed by atoms with Gasteiger partial charge < -0.3 is 4.90 Å². The van der Waals surface area contributed by atoms with E-state index in [1.807, 2.05) is 17.8 Å². The van der Waals surface area contributed by atoms with Crippen molar-refractivity contribution in [3.8, 4) is 0 Å². The summed E-state index contributed by atoms with van der Waals surface area (Å²) in [7, 11) is 0. The Morgan fingerprint density at radius 2 is 1.74 bits per heavy atom. The summed E-state index contributed by atoms with van der Waals surface area (Å²) in [6.45, 7) is 1.80. The van der Waals surface area contributed by atoms with Gasteiger partial charge in [-0.2, -0.15) is 0 Å². The molecule has 2 aromatic carbocycles. The zero-order chi connectivity index (χ0) is 16.2. The number of benzene rings is 2. The predicted octanol–water partition coefficient (Wildman–Crippen LogP) is 4.45. The monoisotopic (exact) mass is 386 g/mol. The first-order chi connectivity index (χ1) is 11.2. The van der Waals surface area contributed by atoms with Crippen molar-refractivity contribution in [1.29, 1.82) is 0 Å². The average Bonchev–Trinajstić information content (AvgIpc) is 2.71. The van der Waals surface area contributed by atoms with E-state index >= 15 is 0 Å². The average molecular weight is 388 g/mol. The van der Waals surface area contributed by atoms with E-state index in [0.717, 1.165) is 24.5 Å². The van der Waals surface area contributed by atoms with Gasteiger partial charge in [-0.25, -0.2) is 0 Å². The van der Waals surface area contributed by atoms with Crippen molar-refractivity contribution in [2.75, 3.05) is 24.8 Å². The van der Waals surface area contributed by atoms with E-state index < -0.39 is 0 Å². The second kappa shape index (κ2) is 8.13. The number of halogens is 3. The number of hydrogen-bond acceptors (Lipinski definition) is 1. The number of hydrogen-bond donors (Lipinski definition) is 1. The van der Waals surface area contributed by atoms with Crippen LogP contribution < -0.4 is 4.90 Å². The lowest BCUT2D eigenvalue weighted by molar-refractivity contribution is -0.927. The van der Waals surface area contributed by atoms with E-state index in [0.29, 0.717) is 17.8 Å². The molecule has 1 aliphatic heterocycles. The molecular formula is C18H19Cl3NS+. The van der Waals surface area contributed by atoms with Crippen LogP contribution in [0.2, 0.25) is 5.02 Å². The maximum Gasteiger partial charge on any atom is 0.118 e. The molecule has 122 valence electrons. The SMILES string of the molecule is ClCC[NH+](CCCl)[C@H]1Cc2ccccc2Sc2ccc(Cl)cc21. The molecule has 1 nitrogen and oxygen atoms in total. The summed E-state index contributed by atoms with van der Waals surface area (Å²) in [5.41, 5.74) is 2.69. The highest BCUT2D eigenvalue weighted by atomic mass is 35.5. The Morgan fingerprint density at radius 3 is 2.48 bits per heavy atom. The highest BCUT2D eigenvalue weighted by Gasteiger charge is 2.30. The van der Waals surface area contributed by atoms with E-state index in [2.05, 4.69) is 36.4 Å². The van der Waals surface area contributed by atoms with Crippen LogP contribution in [0.4, 0.5) is 0 Å². The first-order valence-corrected chi connectivity index (χ1v) is 10.0. The molecule has 0 saturated carbocycles. The van der Waals surface area contributed by atoms with Crippen molar-refractivity contribution < 1.29 is 4.90 Å². The summed E-state index contributed by atoms with van der Waals surface area (Å²) in [6.07, 6.45) is 0.986. The van der Waals surface area contributed by atoms with Crippen molar-refractivity contribution in [3.05, 3.63) is 58.6 Å². The summed E-state index contributed by atoms with van der Waals surface area (Å²) in [5, 5.41) is 0.788. The Morgan fingerprint density at radius 1 is 1.00 bits per heavy atom. The van der Waals surface area contributed by atoms with Crippen molar-refractivity contribution in [2.45, 2.75) is 22.3 Å². The molecule has 1 aliphatic rings. The third kappa shape index (κ3) is 4.00. The van der Waals surface area contributed by atoms with Crippen LogP contribution >= 0.6 is 46.6 Å². The van der Waals surface area contributed by atoms with Crippen molar-refractivity contribution in [2.24, 2.45) is 0 Å². The van der Waals surface area contributed by atoms with Gasteiger partial charge >= 0.3 is 0 Å². The second-order valence-electron chi connectivity index (χ2n) is 5.68. The summed E-state index contributed by atoms with van der Waals surface area (Å²) < 4.78 is 0. The van der Waals surface area contributed by atoms with Gasteiger partial charge in [0, 0.05) is 26.8 Å². The molecule has 0 spiro atoms. The maximum absolute atomic E-state index is 6.29. The second-order valence-corrected chi connectivity index (χ2v) is 7.96. The molecule has 3 rings (SSSR count). The Labute approximate surface area is 156 Å². The van der Waals surface area contributed by atoms with Crippen LogP contribution in [0.1, 0.15) is 17.2 Å². The van der Waals surface area contributed by atoms with Crippen molar-refractivity contribution in [3.63, 3.8) is 0 Å². The third-order valence-corrected chi connectivity index (χ3v) is 6.11. The van der Waals surface area contributed by atoms with Crippen LogP contribution in [0.3, 0.4) is 0 Å². The third-order valence-electron chi connectivity index (χ3n) is 4.29. The van der Waals surface area contributed by atoms with Gasteiger partial charge in [0.2, 0.25) is 0 Å². The zero-order valence-corrected chi connectivity index (χ0v) is 15.8. The smallest absolute Gasteiger partial charge is 0.118 e. The van der Waals surface area contributed by atoms with Gasteiger partial charge in [-0.15, -0.1) is 23.2 Å². The number of rotatable bonds is 5. The van der Waals surface area contributed by atoms with Crippen molar-refractivity contribution >= 4 is 46.6 Å². The molecule has 0 aromatic heterocycles. The Bertz CT molecular complexity index is 671. The summed E-state index contributed by atoms with van der Waals surface area (Å²) >= 11 is 20.2. The Kier molecular flexibility index (Phi) is 6.17. The van der Waals surface area contributed by atoms with Gasteiger partial charge in [0.1, 0.15) is 6.04 Å². The number of alkyl halides is 2. The quantitative estimate of drug-likeness (QED) is 0.743.